The van der Waals surface area contributed by atoms with Crippen LogP contribution in [0.4, 0.5) is 36.8 Å². The van der Waals surface area contributed by atoms with E-state index < -0.39 is 39.8 Å². The van der Waals surface area contributed by atoms with Crippen molar-refractivity contribution in [3.8, 4) is 0 Å². The van der Waals surface area contributed by atoms with Gasteiger partial charge in [0.05, 0.1) is 24.3 Å². The predicted octanol–water partition coefficient (Wildman–Crippen LogP) is 6.31. The molecule has 0 unspecified atom stereocenters. The zero-order chi connectivity index (χ0) is 31.4. The molecular formula is C29H32F6N4O3S. The fourth-order valence-corrected chi connectivity index (χ4v) is 6.01. The zero-order valence-corrected chi connectivity index (χ0v) is 24.4. The number of nitrogens with one attached hydrogen (secondary N) is 1. The SMILES string of the molecule is CN(C)C(=O)N1CCC(Nc2cccc(Sc3ccc(C=CC(=O)N4CCOCC4)c(C(F)(F)F)c3C(F)(F)F)c2)CC1. The van der Waals surface area contributed by atoms with E-state index in [0.717, 1.165) is 24.3 Å². The molecule has 14 heteroatoms. The summed E-state index contributed by atoms with van der Waals surface area (Å²) in [6.45, 7) is 2.09. The van der Waals surface area contributed by atoms with Gasteiger partial charge < -0.3 is 24.8 Å². The molecule has 0 aromatic heterocycles. The van der Waals surface area contributed by atoms with Crippen molar-refractivity contribution in [2.75, 3.05) is 58.8 Å². The van der Waals surface area contributed by atoms with Crippen LogP contribution in [0.2, 0.25) is 0 Å². The third-order valence-electron chi connectivity index (χ3n) is 7.08. The zero-order valence-electron chi connectivity index (χ0n) is 23.6. The lowest BCUT2D eigenvalue weighted by atomic mass is 9.99. The number of carbonyl (C=O) groups is 2. The van der Waals surface area contributed by atoms with E-state index in [2.05, 4.69) is 5.32 Å². The molecule has 43 heavy (non-hydrogen) atoms. The molecule has 234 valence electrons. The molecule has 0 atom stereocenters. The molecule has 2 heterocycles. The molecule has 1 N–H and O–H groups in total. The Labute approximate surface area is 249 Å². The summed E-state index contributed by atoms with van der Waals surface area (Å²) >= 11 is 0.579. The second kappa shape index (κ2) is 13.5. The van der Waals surface area contributed by atoms with Gasteiger partial charge in [-0.2, -0.15) is 26.3 Å². The Morgan fingerprint density at radius 1 is 0.930 bits per heavy atom. The lowest BCUT2D eigenvalue weighted by molar-refractivity contribution is -0.163. The summed E-state index contributed by atoms with van der Waals surface area (Å²) in [5.74, 6) is -0.609. The molecule has 2 aromatic rings. The monoisotopic (exact) mass is 630 g/mol. The van der Waals surface area contributed by atoms with Crippen molar-refractivity contribution in [1.29, 1.82) is 0 Å². The van der Waals surface area contributed by atoms with Gasteiger partial charge >= 0.3 is 18.4 Å². The summed E-state index contributed by atoms with van der Waals surface area (Å²) in [5, 5.41) is 3.32. The maximum Gasteiger partial charge on any atom is 0.418 e. The molecule has 0 spiro atoms. The van der Waals surface area contributed by atoms with Crippen LogP contribution in [-0.4, -0.2) is 86.2 Å². The Bertz CT molecular complexity index is 1330. The molecule has 2 saturated heterocycles. The van der Waals surface area contributed by atoms with E-state index in [1.165, 1.54) is 15.9 Å². The molecule has 0 bridgehead atoms. The van der Waals surface area contributed by atoms with Gasteiger partial charge in [-0.05, 0) is 48.7 Å². The number of likely N-dealkylation sites (tertiary alicyclic amines) is 1. The Hall–Kier alpha value is -3.39. The quantitative estimate of drug-likeness (QED) is 0.300. The molecule has 3 amide bonds. The number of alkyl halides is 6. The summed E-state index contributed by atoms with van der Waals surface area (Å²) in [6.07, 6.45) is -7.69. The van der Waals surface area contributed by atoms with Gasteiger partial charge in [-0.1, -0.05) is 23.9 Å². The average Bonchev–Trinajstić information content (AvgIpc) is 2.95. The number of carbonyl (C=O) groups excluding carboxylic acids is 2. The Balaban J connectivity index is 1.57. The van der Waals surface area contributed by atoms with Crippen molar-refractivity contribution in [2.45, 2.75) is 41.0 Å². The molecule has 7 nitrogen and oxygen atoms in total. The van der Waals surface area contributed by atoms with Crippen molar-refractivity contribution >= 4 is 35.5 Å². The van der Waals surface area contributed by atoms with Crippen molar-refractivity contribution < 1.29 is 40.7 Å². The minimum absolute atomic E-state index is 0.0141. The number of amides is 3. The summed E-state index contributed by atoms with van der Waals surface area (Å²) in [5.41, 5.74) is -3.79. The van der Waals surface area contributed by atoms with Gasteiger partial charge in [-0.25, -0.2) is 4.79 Å². The first-order valence-electron chi connectivity index (χ1n) is 13.6. The lowest BCUT2D eigenvalue weighted by Gasteiger charge is -2.34. The van der Waals surface area contributed by atoms with E-state index in [1.807, 2.05) is 0 Å². The molecule has 4 rings (SSSR count). The largest absolute Gasteiger partial charge is 0.418 e. The molecule has 2 aromatic carbocycles. The normalized spacial score (nSPS) is 16.9. The second-order valence-electron chi connectivity index (χ2n) is 10.4. The fourth-order valence-electron chi connectivity index (χ4n) is 4.97. The fraction of sp³-hybridized carbons (Fsp3) is 0.448. The van der Waals surface area contributed by atoms with Crippen LogP contribution in [0.3, 0.4) is 0 Å². The second-order valence-corrected chi connectivity index (χ2v) is 11.5. The topological polar surface area (TPSA) is 65.1 Å². The number of urea groups is 1. The summed E-state index contributed by atoms with van der Waals surface area (Å²) in [4.78, 5) is 28.9. The van der Waals surface area contributed by atoms with Gasteiger partial charge in [-0.15, -0.1) is 0 Å². The number of ether oxygens (including phenoxy) is 1. The van der Waals surface area contributed by atoms with Crippen LogP contribution < -0.4 is 5.32 Å². The first-order valence-corrected chi connectivity index (χ1v) is 14.4. The highest BCUT2D eigenvalue weighted by Gasteiger charge is 2.46. The smallest absolute Gasteiger partial charge is 0.382 e. The maximum atomic E-state index is 14.3. The van der Waals surface area contributed by atoms with E-state index in [1.54, 1.807) is 37.2 Å². The van der Waals surface area contributed by atoms with Crippen LogP contribution in [0.1, 0.15) is 29.5 Å². The van der Waals surface area contributed by atoms with E-state index in [0.29, 0.717) is 48.3 Å². The average molecular weight is 631 g/mol. The van der Waals surface area contributed by atoms with Crippen LogP contribution >= 0.6 is 11.8 Å². The highest BCUT2D eigenvalue weighted by molar-refractivity contribution is 7.99. The Morgan fingerprint density at radius 3 is 2.19 bits per heavy atom. The van der Waals surface area contributed by atoms with Crippen molar-refractivity contribution in [2.24, 2.45) is 0 Å². The van der Waals surface area contributed by atoms with E-state index in [4.69, 9.17) is 4.74 Å². The molecule has 2 fully saturated rings. The van der Waals surface area contributed by atoms with E-state index >= 15 is 0 Å². The van der Waals surface area contributed by atoms with Gasteiger partial charge in [0.25, 0.3) is 0 Å². The van der Waals surface area contributed by atoms with Crippen molar-refractivity contribution in [1.82, 2.24) is 14.7 Å². The molecular weight excluding hydrogens is 598 g/mol. The number of rotatable bonds is 6. The number of anilines is 1. The Morgan fingerprint density at radius 2 is 1.58 bits per heavy atom. The first-order chi connectivity index (χ1) is 20.2. The molecule has 2 aliphatic heterocycles. The molecule has 0 saturated carbocycles. The summed E-state index contributed by atoms with van der Waals surface area (Å²) in [7, 11) is 3.35. The number of morpholine rings is 1. The molecule has 0 radical (unpaired) electrons. The van der Waals surface area contributed by atoms with Crippen LogP contribution in [-0.2, 0) is 21.9 Å². The number of hydrogen-bond acceptors (Lipinski definition) is 5. The van der Waals surface area contributed by atoms with Crippen molar-refractivity contribution in [3.05, 3.63) is 59.2 Å². The number of benzene rings is 2. The van der Waals surface area contributed by atoms with Gasteiger partial charge in [0.1, 0.15) is 0 Å². The highest BCUT2D eigenvalue weighted by Crippen LogP contribution is 2.48. The lowest BCUT2D eigenvalue weighted by Crippen LogP contribution is -2.46. The van der Waals surface area contributed by atoms with Crippen LogP contribution in [0.25, 0.3) is 6.08 Å². The maximum absolute atomic E-state index is 14.3. The number of piperidine rings is 1. The summed E-state index contributed by atoms with van der Waals surface area (Å²) in [6, 6.07) is 8.34. The predicted molar refractivity (Wildman–Crippen MR) is 151 cm³/mol. The van der Waals surface area contributed by atoms with Crippen LogP contribution in [0.5, 0.6) is 0 Å². The first kappa shape index (κ1) is 32.5. The van der Waals surface area contributed by atoms with E-state index in [9.17, 15) is 35.9 Å². The number of nitrogens with zero attached hydrogens (tertiary/aromatic N) is 3. The third kappa shape index (κ3) is 8.37. The standard InChI is InChI=1S/C29H32F6N4O3S/c1-37(2)27(41)39-12-10-20(11-13-39)36-21-4-3-5-22(18-21)43-23-8-6-19(7-9-24(40)38-14-16-42-17-15-38)25(28(30,31)32)26(23)29(33,34)35/h3-9,18,20,36H,10-17H2,1-2H3. The minimum atomic E-state index is -5.34. The third-order valence-corrected chi connectivity index (χ3v) is 8.12. The van der Waals surface area contributed by atoms with Gasteiger partial charge in [0.15, 0.2) is 0 Å². The molecule has 0 aliphatic carbocycles. The molecule has 2 aliphatic rings. The van der Waals surface area contributed by atoms with Crippen molar-refractivity contribution in [3.63, 3.8) is 0 Å². The van der Waals surface area contributed by atoms with Gasteiger partial charge in [0, 0.05) is 67.9 Å². The number of hydrogen-bond donors (Lipinski definition) is 1. The Kier molecular flexibility index (Phi) is 10.2. The number of halogens is 6. The van der Waals surface area contributed by atoms with Gasteiger partial charge in [0.2, 0.25) is 5.91 Å². The van der Waals surface area contributed by atoms with Crippen LogP contribution in [0.15, 0.2) is 52.3 Å². The summed E-state index contributed by atoms with van der Waals surface area (Å²) < 4.78 is 90.5. The highest BCUT2D eigenvalue weighted by atomic mass is 32.2. The minimum Gasteiger partial charge on any atom is -0.382 e. The van der Waals surface area contributed by atoms with Gasteiger partial charge in [-0.3, -0.25) is 4.79 Å². The van der Waals surface area contributed by atoms with Crippen LogP contribution in [0, 0.1) is 0 Å². The van der Waals surface area contributed by atoms with E-state index in [-0.39, 0.29) is 38.4 Å².